The summed E-state index contributed by atoms with van der Waals surface area (Å²) < 4.78 is 35.9. The molecule has 0 spiro atoms. The van der Waals surface area contributed by atoms with Crippen LogP contribution in [-0.4, -0.2) is 19.3 Å². The SMILES string of the molecule is COc1cc(/C=C/O[P+](=O)F)cc(OC)c1O. The Hall–Kier alpha value is -1.81. The molecule has 92 valence electrons. The maximum atomic E-state index is 11.9. The van der Waals surface area contributed by atoms with Crippen LogP contribution in [0.3, 0.4) is 0 Å². The second kappa shape index (κ2) is 6.06. The highest BCUT2D eigenvalue weighted by atomic mass is 31.2. The molecule has 0 amide bonds. The van der Waals surface area contributed by atoms with Crippen molar-refractivity contribution in [2.75, 3.05) is 14.2 Å². The Balaban J connectivity index is 3.00. The molecule has 0 radical (unpaired) electrons. The van der Waals surface area contributed by atoms with E-state index in [4.69, 9.17) is 9.47 Å². The van der Waals surface area contributed by atoms with Gasteiger partial charge in [-0.2, -0.15) is 0 Å². The molecule has 1 rings (SSSR count). The Morgan fingerprint density at radius 1 is 1.29 bits per heavy atom. The second-order valence-corrected chi connectivity index (χ2v) is 3.53. The number of phenolic OH excluding ortho intramolecular Hbond substituents is 1. The lowest BCUT2D eigenvalue weighted by Gasteiger charge is -2.08. The number of phenols is 1. The average Bonchev–Trinajstić information content (AvgIpc) is 2.30. The second-order valence-electron chi connectivity index (χ2n) is 2.89. The minimum atomic E-state index is -3.17. The quantitative estimate of drug-likeness (QED) is 0.651. The molecule has 0 saturated carbocycles. The molecule has 17 heavy (non-hydrogen) atoms. The lowest BCUT2D eigenvalue weighted by Crippen LogP contribution is -1.90. The summed E-state index contributed by atoms with van der Waals surface area (Å²) >= 11 is 0. The average molecular weight is 261 g/mol. The standard InChI is InChI=1S/C10H10FO5P/c1-14-8-5-7(3-4-16-17(11)13)6-9(15-2)10(8)12/h3-6H,1-2H3/p+1/b4-3+. The van der Waals surface area contributed by atoms with E-state index in [0.29, 0.717) is 5.56 Å². The largest absolute Gasteiger partial charge is 0.799 e. The van der Waals surface area contributed by atoms with Crippen molar-refractivity contribution in [3.63, 3.8) is 0 Å². The number of aromatic hydroxyl groups is 1. The van der Waals surface area contributed by atoms with Crippen molar-refractivity contribution in [1.82, 2.24) is 0 Å². The summed E-state index contributed by atoms with van der Waals surface area (Å²) in [6.45, 7) is 0. The number of rotatable bonds is 5. The van der Waals surface area contributed by atoms with Crippen molar-refractivity contribution < 1.29 is 27.9 Å². The van der Waals surface area contributed by atoms with Crippen molar-refractivity contribution >= 4 is 14.4 Å². The van der Waals surface area contributed by atoms with E-state index in [0.717, 1.165) is 6.26 Å². The number of hydrogen-bond acceptors (Lipinski definition) is 5. The summed E-state index contributed by atoms with van der Waals surface area (Å²) in [5, 5.41) is 9.61. The van der Waals surface area contributed by atoms with Crippen molar-refractivity contribution in [3.05, 3.63) is 24.0 Å². The van der Waals surface area contributed by atoms with Gasteiger partial charge in [0.1, 0.15) is 0 Å². The molecule has 0 saturated heterocycles. The van der Waals surface area contributed by atoms with Crippen molar-refractivity contribution in [2.45, 2.75) is 0 Å². The summed E-state index contributed by atoms with van der Waals surface area (Å²) in [7, 11) is -0.402. The number of benzene rings is 1. The molecule has 1 aromatic rings. The first-order valence-electron chi connectivity index (χ1n) is 4.49. The molecule has 0 fully saturated rings. The van der Waals surface area contributed by atoms with Crippen LogP contribution in [0.5, 0.6) is 17.2 Å². The van der Waals surface area contributed by atoms with E-state index in [1.807, 2.05) is 0 Å². The van der Waals surface area contributed by atoms with Crippen LogP contribution in [0.1, 0.15) is 5.56 Å². The first-order valence-corrected chi connectivity index (χ1v) is 5.56. The van der Waals surface area contributed by atoms with Gasteiger partial charge < -0.3 is 14.6 Å². The zero-order chi connectivity index (χ0) is 12.8. The van der Waals surface area contributed by atoms with Gasteiger partial charge in [-0.25, -0.2) is 4.52 Å². The maximum Gasteiger partial charge on any atom is 0.799 e. The van der Waals surface area contributed by atoms with Gasteiger partial charge in [-0.05, 0) is 23.8 Å². The normalized spacial score (nSPS) is 11.4. The highest BCUT2D eigenvalue weighted by Gasteiger charge is 2.13. The third-order valence-corrected chi connectivity index (χ3v) is 2.19. The van der Waals surface area contributed by atoms with Crippen LogP contribution >= 0.6 is 8.34 Å². The van der Waals surface area contributed by atoms with Gasteiger partial charge in [-0.1, -0.05) is 0 Å². The van der Waals surface area contributed by atoms with Crippen LogP contribution in [0.15, 0.2) is 18.4 Å². The Kier molecular flexibility index (Phi) is 4.72. The fraction of sp³-hybridized carbons (Fsp3) is 0.200. The topological polar surface area (TPSA) is 65.0 Å². The van der Waals surface area contributed by atoms with Crippen LogP contribution in [-0.2, 0) is 9.09 Å². The van der Waals surface area contributed by atoms with E-state index in [1.165, 1.54) is 32.4 Å². The van der Waals surface area contributed by atoms with Crippen LogP contribution in [0.2, 0.25) is 0 Å². The molecule has 1 N–H and O–H groups in total. The van der Waals surface area contributed by atoms with Gasteiger partial charge in [0.2, 0.25) is 5.75 Å². The minimum Gasteiger partial charge on any atom is -0.502 e. The molecule has 1 atom stereocenters. The van der Waals surface area contributed by atoms with Gasteiger partial charge in [0.25, 0.3) is 0 Å². The molecule has 5 nitrogen and oxygen atoms in total. The Labute approximate surface area is 98.4 Å². The van der Waals surface area contributed by atoms with Crippen LogP contribution in [0.25, 0.3) is 6.08 Å². The predicted molar refractivity (Wildman–Crippen MR) is 60.0 cm³/mol. The molecule has 0 bridgehead atoms. The van der Waals surface area contributed by atoms with Crippen LogP contribution in [0, 0.1) is 0 Å². The lowest BCUT2D eigenvalue weighted by molar-refractivity contribution is 0.339. The van der Waals surface area contributed by atoms with E-state index >= 15 is 0 Å². The number of hydrogen-bond donors (Lipinski definition) is 1. The van der Waals surface area contributed by atoms with Crippen molar-refractivity contribution in [1.29, 1.82) is 0 Å². The van der Waals surface area contributed by atoms with E-state index in [1.54, 1.807) is 0 Å². The van der Waals surface area contributed by atoms with Gasteiger partial charge >= 0.3 is 8.34 Å². The molecule has 0 heterocycles. The van der Waals surface area contributed by atoms with Crippen molar-refractivity contribution in [2.24, 2.45) is 0 Å². The molecule has 1 unspecified atom stereocenters. The van der Waals surface area contributed by atoms with E-state index < -0.39 is 8.34 Å². The molecule has 0 aliphatic carbocycles. The molecular weight excluding hydrogens is 250 g/mol. The van der Waals surface area contributed by atoms with Crippen molar-refractivity contribution in [3.8, 4) is 17.2 Å². The van der Waals surface area contributed by atoms with Gasteiger partial charge in [-0.15, -0.1) is 0 Å². The lowest BCUT2D eigenvalue weighted by atomic mass is 10.2. The third-order valence-electron chi connectivity index (χ3n) is 1.91. The van der Waals surface area contributed by atoms with Gasteiger partial charge in [0.15, 0.2) is 17.8 Å². The summed E-state index contributed by atoms with van der Waals surface area (Å²) in [6.07, 6.45) is 2.31. The molecule has 0 aliphatic heterocycles. The monoisotopic (exact) mass is 261 g/mol. The maximum absolute atomic E-state index is 11.9. The Morgan fingerprint density at radius 2 is 1.82 bits per heavy atom. The Bertz CT molecular complexity index is 421. The third kappa shape index (κ3) is 3.60. The highest BCUT2D eigenvalue weighted by Crippen LogP contribution is 2.37. The Morgan fingerprint density at radius 3 is 2.24 bits per heavy atom. The summed E-state index contributed by atoms with van der Waals surface area (Å²) in [5.41, 5.74) is 0.536. The molecule has 0 aromatic heterocycles. The molecule has 0 aliphatic rings. The highest BCUT2D eigenvalue weighted by molar-refractivity contribution is 7.32. The minimum absolute atomic E-state index is 0.135. The zero-order valence-corrected chi connectivity index (χ0v) is 10.1. The first-order chi connectivity index (χ1) is 8.08. The predicted octanol–water partition coefficient (Wildman–Crippen LogP) is 3.02. The molecule has 7 heteroatoms. The smallest absolute Gasteiger partial charge is 0.502 e. The summed E-state index contributed by atoms with van der Waals surface area (Å²) in [6, 6.07) is 2.98. The summed E-state index contributed by atoms with van der Waals surface area (Å²) in [5.74, 6) is 0.270. The van der Waals surface area contributed by atoms with Gasteiger partial charge in [0, 0.05) is 4.57 Å². The van der Waals surface area contributed by atoms with E-state index in [9.17, 15) is 13.9 Å². The van der Waals surface area contributed by atoms with Crippen LogP contribution in [0.4, 0.5) is 4.20 Å². The summed E-state index contributed by atoms with van der Waals surface area (Å²) in [4.78, 5) is 0. The first kappa shape index (κ1) is 13.3. The van der Waals surface area contributed by atoms with Gasteiger partial charge in [-0.3, -0.25) is 0 Å². The zero-order valence-electron chi connectivity index (χ0n) is 9.21. The number of ether oxygens (including phenoxy) is 2. The molecule has 1 aromatic carbocycles. The number of halogens is 1. The van der Waals surface area contributed by atoms with Gasteiger partial charge in [0.05, 0.1) is 18.4 Å². The molecular formula is C10H11FO5P+. The fourth-order valence-electron chi connectivity index (χ4n) is 1.17. The van der Waals surface area contributed by atoms with E-state index in [-0.39, 0.29) is 17.2 Å². The fourth-order valence-corrected chi connectivity index (χ4v) is 1.32. The van der Waals surface area contributed by atoms with E-state index in [2.05, 4.69) is 4.52 Å². The number of methoxy groups -OCH3 is 2. The van der Waals surface area contributed by atoms with Crippen LogP contribution < -0.4 is 9.47 Å².